The second kappa shape index (κ2) is 10.2. The van der Waals surface area contributed by atoms with Crippen LogP contribution in [-0.2, 0) is 6.42 Å². The zero-order chi connectivity index (χ0) is 16.4. The second-order valence-electron chi connectivity index (χ2n) is 5.53. The van der Waals surface area contributed by atoms with Crippen LogP contribution in [0.4, 0.5) is 4.39 Å². The van der Waals surface area contributed by atoms with Crippen LogP contribution in [0.3, 0.4) is 0 Å². The number of rotatable bonds is 8. The standard InChI is InChI=1S/C17H29FN4/c1-5-22(14(2)3)12-11-21-17(19-4)20-10-9-15-7-6-8-16(18)13-15/h6-8,13-14H,5,9-12H2,1-4H3,(H2,19,20,21). The van der Waals surface area contributed by atoms with Crippen LogP contribution in [0.15, 0.2) is 29.3 Å². The molecule has 0 spiro atoms. The monoisotopic (exact) mass is 308 g/mol. The summed E-state index contributed by atoms with van der Waals surface area (Å²) in [5.41, 5.74) is 0.986. The van der Waals surface area contributed by atoms with Crippen LogP contribution in [-0.4, -0.2) is 50.1 Å². The zero-order valence-corrected chi connectivity index (χ0v) is 14.2. The summed E-state index contributed by atoms with van der Waals surface area (Å²) in [5, 5.41) is 6.57. The van der Waals surface area contributed by atoms with E-state index >= 15 is 0 Å². The molecule has 0 aliphatic carbocycles. The number of halogens is 1. The van der Waals surface area contributed by atoms with Crippen molar-refractivity contribution in [2.45, 2.75) is 33.2 Å². The molecule has 5 heteroatoms. The first-order chi connectivity index (χ1) is 10.6. The Morgan fingerprint density at radius 3 is 2.59 bits per heavy atom. The topological polar surface area (TPSA) is 39.7 Å². The molecule has 1 rings (SSSR count). The fourth-order valence-corrected chi connectivity index (χ4v) is 2.34. The SMILES string of the molecule is CCN(CCNC(=NC)NCCc1cccc(F)c1)C(C)C. The Kier molecular flexibility index (Phi) is 8.51. The number of benzene rings is 1. The third kappa shape index (κ3) is 6.89. The van der Waals surface area contributed by atoms with Crippen molar-refractivity contribution in [1.29, 1.82) is 0 Å². The van der Waals surface area contributed by atoms with Crippen LogP contribution in [0.5, 0.6) is 0 Å². The normalized spacial score (nSPS) is 12.0. The van der Waals surface area contributed by atoms with Gasteiger partial charge in [-0.05, 0) is 44.5 Å². The molecule has 4 nitrogen and oxygen atoms in total. The van der Waals surface area contributed by atoms with Crippen LogP contribution >= 0.6 is 0 Å². The Hall–Kier alpha value is -1.62. The maximum atomic E-state index is 13.1. The minimum Gasteiger partial charge on any atom is -0.356 e. The molecule has 1 aromatic rings. The molecule has 0 amide bonds. The van der Waals surface area contributed by atoms with Crippen molar-refractivity contribution in [2.24, 2.45) is 4.99 Å². The predicted octanol–water partition coefficient (Wildman–Crippen LogP) is 2.26. The molecule has 0 atom stereocenters. The molecule has 22 heavy (non-hydrogen) atoms. The fourth-order valence-electron chi connectivity index (χ4n) is 2.34. The molecule has 0 bridgehead atoms. The molecule has 0 saturated heterocycles. The van der Waals surface area contributed by atoms with E-state index in [9.17, 15) is 4.39 Å². The minimum atomic E-state index is -0.187. The molecular weight excluding hydrogens is 279 g/mol. The molecule has 0 aromatic heterocycles. The summed E-state index contributed by atoms with van der Waals surface area (Å²) >= 11 is 0. The number of nitrogens with one attached hydrogen (secondary N) is 2. The van der Waals surface area contributed by atoms with Crippen LogP contribution in [0.1, 0.15) is 26.3 Å². The van der Waals surface area contributed by atoms with Crippen molar-refractivity contribution < 1.29 is 4.39 Å². The number of likely N-dealkylation sites (N-methyl/N-ethyl adjacent to an activating group) is 1. The maximum Gasteiger partial charge on any atom is 0.191 e. The lowest BCUT2D eigenvalue weighted by Crippen LogP contribution is -2.43. The highest BCUT2D eigenvalue weighted by atomic mass is 19.1. The van der Waals surface area contributed by atoms with Gasteiger partial charge in [0.15, 0.2) is 5.96 Å². The highest BCUT2D eigenvalue weighted by molar-refractivity contribution is 5.79. The van der Waals surface area contributed by atoms with Crippen molar-refractivity contribution in [3.8, 4) is 0 Å². The van der Waals surface area contributed by atoms with Crippen LogP contribution in [0.2, 0.25) is 0 Å². The number of hydrogen-bond donors (Lipinski definition) is 2. The molecule has 0 radical (unpaired) electrons. The summed E-state index contributed by atoms with van der Waals surface area (Å²) in [6.07, 6.45) is 0.769. The number of guanidine groups is 1. The summed E-state index contributed by atoms with van der Waals surface area (Å²) in [6.45, 7) is 10.2. The Balaban J connectivity index is 2.28. The van der Waals surface area contributed by atoms with Gasteiger partial charge in [-0.1, -0.05) is 19.1 Å². The van der Waals surface area contributed by atoms with E-state index in [1.807, 2.05) is 6.07 Å². The van der Waals surface area contributed by atoms with Gasteiger partial charge in [-0.15, -0.1) is 0 Å². The van der Waals surface area contributed by atoms with E-state index in [1.165, 1.54) is 6.07 Å². The fraction of sp³-hybridized carbons (Fsp3) is 0.588. The summed E-state index contributed by atoms with van der Waals surface area (Å²) in [6, 6.07) is 7.26. The molecule has 2 N–H and O–H groups in total. The van der Waals surface area contributed by atoms with E-state index in [0.29, 0.717) is 6.04 Å². The summed E-state index contributed by atoms with van der Waals surface area (Å²) in [5.74, 6) is 0.601. The van der Waals surface area contributed by atoms with Crippen LogP contribution in [0, 0.1) is 5.82 Å². The molecule has 0 fully saturated rings. The van der Waals surface area contributed by atoms with Gasteiger partial charge in [0, 0.05) is 32.7 Å². The predicted molar refractivity (Wildman–Crippen MR) is 91.9 cm³/mol. The molecule has 0 saturated carbocycles. The average molecular weight is 308 g/mol. The third-order valence-corrected chi connectivity index (χ3v) is 3.65. The zero-order valence-electron chi connectivity index (χ0n) is 14.2. The van der Waals surface area contributed by atoms with Gasteiger partial charge >= 0.3 is 0 Å². The van der Waals surface area contributed by atoms with Crippen molar-refractivity contribution in [3.05, 3.63) is 35.6 Å². The Labute approximate surface area is 133 Å². The maximum absolute atomic E-state index is 13.1. The number of nitrogens with zero attached hydrogens (tertiary/aromatic N) is 2. The van der Waals surface area contributed by atoms with Crippen molar-refractivity contribution in [1.82, 2.24) is 15.5 Å². The van der Waals surface area contributed by atoms with Gasteiger partial charge in [-0.3, -0.25) is 9.89 Å². The smallest absolute Gasteiger partial charge is 0.191 e. The van der Waals surface area contributed by atoms with Gasteiger partial charge in [-0.25, -0.2) is 4.39 Å². The Morgan fingerprint density at radius 1 is 1.27 bits per heavy atom. The number of hydrogen-bond acceptors (Lipinski definition) is 2. The summed E-state index contributed by atoms with van der Waals surface area (Å²) in [7, 11) is 1.76. The first-order valence-corrected chi connectivity index (χ1v) is 7.99. The molecule has 124 valence electrons. The van der Waals surface area contributed by atoms with E-state index < -0.39 is 0 Å². The third-order valence-electron chi connectivity index (χ3n) is 3.65. The highest BCUT2D eigenvalue weighted by Crippen LogP contribution is 2.03. The van der Waals surface area contributed by atoms with Crippen LogP contribution in [0.25, 0.3) is 0 Å². The lowest BCUT2D eigenvalue weighted by molar-refractivity contribution is 0.237. The van der Waals surface area contributed by atoms with Crippen molar-refractivity contribution >= 4 is 5.96 Å². The lowest BCUT2D eigenvalue weighted by Gasteiger charge is -2.25. The first-order valence-electron chi connectivity index (χ1n) is 7.99. The van der Waals surface area contributed by atoms with E-state index in [2.05, 4.69) is 41.3 Å². The molecule has 0 aliphatic heterocycles. The molecule has 0 heterocycles. The minimum absolute atomic E-state index is 0.187. The highest BCUT2D eigenvalue weighted by Gasteiger charge is 2.06. The van der Waals surface area contributed by atoms with E-state index in [-0.39, 0.29) is 5.82 Å². The van der Waals surface area contributed by atoms with Gasteiger partial charge in [0.1, 0.15) is 5.82 Å². The van der Waals surface area contributed by atoms with Crippen molar-refractivity contribution in [2.75, 3.05) is 33.2 Å². The average Bonchev–Trinajstić information content (AvgIpc) is 2.49. The van der Waals surface area contributed by atoms with Gasteiger partial charge in [-0.2, -0.15) is 0 Å². The van der Waals surface area contributed by atoms with Gasteiger partial charge in [0.05, 0.1) is 0 Å². The molecule has 0 aliphatic rings. The molecule has 0 unspecified atom stereocenters. The van der Waals surface area contributed by atoms with E-state index in [0.717, 1.165) is 44.1 Å². The molecule has 1 aromatic carbocycles. The van der Waals surface area contributed by atoms with Crippen molar-refractivity contribution in [3.63, 3.8) is 0 Å². The lowest BCUT2D eigenvalue weighted by atomic mass is 10.1. The summed E-state index contributed by atoms with van der Waals surface area (Å²) < 4.78 is 13.1. The Bertz CT molecular complexity index is 460. The largest absolute Gasteiger partial charge is 0.356 e. The van der Waals surface area contributed by atoms with E-state index in [1.54, 1.807) is 19.2 Å². The van der Waals surface area contributed by atoms with Crippen LogP contribution < -0.4 is 10.6 Å². The number of aliphatic imine (C=N–C) groups is 1. The quantitative estimate of drug-likeness (QED) is 0.572. The molecular formula is C17H29FN4. The first kappa shape index (κ1) is 18.4. The van der Waals surface area contributed by atoms with E-state index in [4.69, 9.17) is 0 Å². The summed E-state index contributed by atoms with van der Waals surface area (Å²) in [4.78, 5) is 6.60. The van der Waals surface area contributed by atoms with Gasteiger partial charge in [0.2, 0.25) is 0 Å². The second-order valence-corrected chi connectivity index (χ2v) is 5.53. The van der Waals surface area contributed by atoms with Gasteiger partial charge < -0.3 is 10.6 Å². The van der Waals surface area contributed by atoms with Gasteiger partial charge in [0.25, 0.3) is 0 Å². The Morgan fingerprint density at radius 2 is 2.00 bits per heavy atom.